The van der Waals surface area contributed by atoms with Crippen molar-refractivity contribution >= 4 is 17.2 Å². The van der Waals surface area contributed by atoms with Crippen molar-refractivity contribution in [1.82, 2.24) is 4.57 Å². The fourth-order valence-corrected chi connectivity index (χ4v) is 3.95. The van der Waals surface area contributed by atoms with E-state index in [1.165, 1.54) is 11.3 Å². The standard InChI is InChI=1S/C18H20F4N2OS/c1-6-24-10(2)14(17(3,4)5)26-16(24)23-15(25)11-8-7-9-12(13(11)19)18(20,21)22/h7-9H,6H2,1-5H3/b23-16-. The van der Waals surface area contributed by atoms with Gasteiger partial charge in [0.25, 0.3) is 5.91 Å². The zero-order valence-corrected chi connectivity index (χ0v) is 16.0. The molecule has 0 spiro atoms. The van der Waals surface area contributed by atoms with Crippen molar-refractivity contribution in [2.45, 2.75) is 52.8 Å². The summed E-state index contributed by atoms with van der Waals surface area (Å²) in [6.07, 6.45) is -4.87. The molecular formula is C18H20F4N2OS. The van der Waals surface area contributed by atoms with Crippen molar-refractivity contribution in [2.24, 2.45) is 4.99 Å². The second-order valence-electron chi connectivity index (χ2n) is 6.88. The minimum atomic E-state index is -4.87. The van der Waals surface area contributed by atoms with Crippen LogP contribution in [0.25, 0.3) is 0 Å². The molecule has 1 aromatic heterocycles. The third kappa shape index (κ3) is 3.90. The molecule has 0 bridgehead atoms. The Balaban J connectivity index is 2.61. The van der Waals surface area contributed by atoms with Gasteiger partial charge in [-0.1, -0.05) is 26.8 Å². The van der Waals surface area contributed by atoms with Gasteiger partial charge in [-0.3, -0.25) is 4.79 Å². The molecule has 1 heterocycles. The third-order valence-electron chi connectivity index (χ3n) is 3.89. The predicted octanol–water partition coefficient (Wildman–Crippen LogP) is 5.07. The molecule has 0 atom stereocenters. The molecule has 0 saturated heterocycles. The Kier molecular flexibility index (Phi) is 5.46. The second-order valence-corrected chi connectivity index (χ2v) is 7.85. The average molecular weight is 388 g/mol. The van der Waals surface area contributed by atoms with Crippen LogP contribution in [-0.2, 0) is 18.1 Å². The first-order chi connectivity index (χ1) is 11.9. The molecule has 0 aliphatic heterocycles. The van der Waals surface area contributed by atoms with Crippen molar-refractivity contribution in [3.63, 3.8) is 0 Å². The number of hydrogen-bond acceptors (Lipinski definition) is 2. The molecule has 0 N–H and O–H groups in total. The molecule has 0 radical (unpaired) electrons. The van der Waals surface area contributed by atoms with Crippen molar-refractivity contribution < 1.29 is 22.4 Å². The minimum Gasteiger partial charge on any atom is -0.321 e. The number of amides is 1. The number of benzene rings is 1. The number of thiazole rings is 1. The van der Waals surface area contributed by atoms with Crippen molar-refractivity contribution in [3.8, 4) is 0 Å². The van der Waals surface area contributed by atoms with E-state index in [2.05, 4.69) is 4.99 Å². The van der Waals surface area contributed by atoms with Crippen LogP contribution >= 0.6 is 11.3 Å². The summed E-state index contributed by atoms with van der Waals surface area (Å²) < 4.78 is 54.5. The van der Waals surface area contributed by atoms with Crippen LogP contribution in [0.5, 0.6) is 0 Å². The summed E-state index contributed by atoms with van der Waals surface area (Å²) in [5.41, 5.74) is -1.41. The van der Waals surface area contributed by atoms with Gasteiger partial charge in [0.1, 0.15) is 5.82 Å². The molecule has 0 unspecified atom stereocenters. The number of halogens is 4. The summed E-state index contributed by atoms with van der Waals surface area (Å²) in [6.45, 7) is 10.4. The van der Waals surface area contributed by atoms with E-state index >= 15 is 0 Å². The first kappa shape index (κ1) is 20.4. The van der Waals surface area contributed by atoms with Gasteiger partial charge in [0.15, 0.2) is 4.80 Å². The van der Waals surface area contributed by atoms with Crippen molar-refractivity contribution in [1.29, 1.82) is 0 Å². The summed E-state index contributed by atoms with van der Waals surface area (Å²) in [4.78, 5) is 17.6. The summed E-state index contributed by atoms with van der Waals surface area (Å²) >= 11 is 1.29. The highest BCUT2D eigenvalue weighted by Crippen LogP contribution is 2.32. The number of nitrogens with zero attached hydrogens (tertiary/aromatic N) is 2. The summed E-state index contributed by atoms with van der Waals surface area (Å²) in [7, 11) is 0. The summed E-state index contributed by atoms with van der Waals surface area (Å²) in [6, 6.07) is 2.62. The first-order valence-electron chi connectivity index (χ1n) is 8.03. The lowest BCUT2D eigenvalue weighted by Gasteiger charge is -2.17. The number of carbonyl (C=O) groups excluding carboxylic acids is 1. The lowest BCUT2D eigenvalue weighted by Crippen LogP contribution is -2.18. The minimum absolute atomic E-state index is 0.177. The smallest absolute Gasteiger partial charge is 0.321 e. The highest BCUT2D eigenvalue weighted by molar-refractivity contribution is 7.09. The molecule has 0 saturated carbocycles. The van der Waals surface area contributed by atoms with Gasteiger partial charge in [0.05, 0.1) is 11.1 Å². The van der Waals surface area contributed by atoms with Gasteiger partial charge in [-0.05, 0) is 31.4 Å². The molecule has 2 aromatic rings. The average Bonchev–Trinajstić information content (AvgIpc) is 2.81. The van der Waals surface area contributed by atoms with Gasteiger partial charge in [-0.25, -0.2) is 4.39 Å². The fourth-order valence-electron chi connectivity index (χ4n) is 2.70. The maximum absolute atomic E-state index is 14.2. The van der Waals surface area contributed by atoms with E-state index in [1.54, 1.807) is 4.57 Å². The highest BCUT2D eigenvalue weighted by Gasteiger charge is 2.35. The van der Waals surface area contributed by atoms with Crippen LogP contribution in [0, 0.1) is 12.7 Å². The first-order valence-corrected chi connectivity index (χ1v) is 8.85. The van der Waals surface area contributed by atoms with Crippen LogP contribution in [0.2, 0.25) is 0 Å². The maximum atomic E-state index is 14.2. The van der Waals surface area contributed by atoms with Crippen LogP contribution in [0.15, 0.2) is 23.2 Å². The zero-order valence-electron chi connectivity index (χ0n) is 15.2. The van der Waals surface area contributed by atoms with E-state index in [9.17, 15) is 22.4 Å². The Morgan fingerprint density at radius 1 is 1.23 bits per heavy atom. The van der Waals surface area contributed by atoms with Crippen molar-refractivity contribution in [2.75, 3.05) is 0 Å². The second kappa shape index (κ2) is 6.98. The normalized spacial score (nSPS) is 13.3. The predicted molar refractivity (Wildman–Crippen MR) is 92.7 cm³/mol. The van der Waals surface area contributed by atoms with Crippen LogP contribution in [0.1, 0.15) is 54.2 Å². The van der Waals surface area contributed by atoms with Crippen LogP contribution in [0.3, 0.4) is 0 Å². The summed E-state index contributed by atoms with van der Waals surface area (Å²) in [5.74, 6) is -2.63. The fraction of sp³-hybridized carbons (Fsp3) is 0.444. The largest absolute Gasteiger partial charge is 0.419 e. The Labute approximate surface area is 153 Å². The van der Waals surface area contributed by atoms with Crippen LogP contribution in [-0.4, -0.2) is 10.5 Å². The Morgan fingerprint density at radius 2 is 1.85 bits per heavy atom. The van der Waals surface area contributed by atoms with E-state index in [4.69, 9.17) is 0 Å². The Bertz CT molecular complexity index is 901. The summed E-state index contributed by atoms with van der Waals surface area (Å²) in [5, 5.41) is 0. The van der Waals surface area contributed by atoms with Gasteiger partial charge in [-0.2, -0.15) is 18.2 Å². The van der Waals surface area contributed by atoms with E-state index in [0.29, 0.717) is 17.4 Å². The van der Waals surface area contributed by atoms with Gasteiger partial charge in [0.2, 0.25) is 0 Å². The van der Waals surface area contributed by atoms with Gasteiger partial charge in [-0.15, -0.1) is 11.3 Å². The number of carbonyl (C=O) groups is 1. The molecule has 3 nitrogen and oxygen atoms in total. The molecule has 1 aromatic carbocycles. The van der Waals surface area contributed by atoms with E-state index < -0.39 is 29.0 Å². The van der Waals surface area contributed by atoms with Crippen LogP contribution < -0.4 is 4.80 Å². The maximum Gasteiger partial charge on any atom is 0.419 e. The molecule has 0 fully saturated rings. The molecule has 0 aliphatic rings. The van der Waals surface area contributed by atoms with E-state index in [-0.39, 0.29) is 5.41 Å². The number of hydrogen-bond donors (Lipinski definition) is 0. The lowest BCUT2D eigenvalue weighted by atomic mass is 9.93. The molecule has 1 amide bonds. The van der Waals surface area contributed by atoms with Gasteiger partial charge in [0, 0.05) is 17.1 Å². The number of alkyl halides is 3. The molecule has 2 rings (SSSR count). The third-order valence-corrected chi connectivity index (χ3v) is 5.49. The lowest BCUT2D eigenvalue weighted by molar-refractivity contribution is -0.140. The Morgan fingerprint density at radius 3 is 2.35 bits per heavy atom. The van der Waals surface area contributed by atoms with E-state index in [1.807, 2.05) is 34.6 Å². The molecular weight excluding hydrogens is 368 g/mol. The van der Waals surface area contributed by atoms with E-state index in [0.717, 1.165) is 22.7 Å². The molecule has 26 heavy (non-hydrogen) atoms. The van der Waals surface area contributed by atoms with Crippen LogP contribution in [0.4, 0.5) is 17.6 Å². The van der Waals surface area contributed by atoms with Gasteiger partial charge >= 0.3 is 6.18 Å². The number of rotatable bonds is 2. The number of aromatic nitrogens is 1. The molecule has 8 heteroatoms. The zero-order chi connectivity index (χ0) is 19.9. The Hall–Kier alpha value is -1.96. The molecule has 0 aliphatic carbocycles. The monoisotopic (exact) mass is 388 g/mol. The van der Waals surface area contributed by atoms with Crippen molar-refractivity contribution in [3.05, 3.63) is 50.5 Å². The quantitative estimate of drug-likeness (QED) is 0.661. The highest BCUT2D eigenvalue weighted by atomic mass is 32.1. The van der Waals surface area contributed by atoms with Gasteiger partial charge < -0.3 is 4.57 Å². The SMILES string of the molecule is CCn1c(C)c(C(C)(C)C)s/c1=N\C(=O)c1cccc(C(F)(F)F)c1F. The topological polar surface area (TPSA) is 34.4 Å². The molecule has 142 valence electrons.